The van der Waals surface area contributed by atoms with E-state index in [9.17, 15) is 9.90 Å². The molecule has 1 amide bonds. The summed E-state index contributed by atoms with van der Waals surface area (Å²) >= 11 is 1.59. The van der Waals surface area contributed by atoms with Gasteiger partial charge in [0.15, 0.2) is 5.60 Å². The number of amides is 1. The predicted molar refractivity (Wildman–Crippen MR) is 103 cm³/mol. The first-order valence-corrected chi connectivity index (χ1v) is 10.9. The van der Waals surface area contributed by atoms with Gasteiger partial charge >= 0.3 is 0 Å². The van der Waals surface area contributed by atoms with Gasteiger partial charge in [-0.25, -0.2) is 0 Å². The highest BCUT2D eigenvalue weighted by Crippen LogP contribution is 2.28. The lowest BCUT2D eigenvalue weighted by Gasteiger charge is -2.39. The molecule has 2 aliphatic rings. The molecule has 146 valence electrons. The molecule has 1 aliphatic heterocycles. The fourth-order valence-electron chi connectivity index (χ4n) is 4.19. The topological polar surface area (TPSA) is 78.4 Å². The van der Waals surface area contributed by atoms with Gasteiger partial charge in [0.05, 0.1) is 0 Å². The summed E-state index contributed by atoms with van der Waals surface area (Å²) in [7, 11) is 0. The number of carbonyl (C=O) groups excluding carboxylic acids is 1. The third-order valence-corrected chi connectivity index (χ3v) is 6.64. The van der Waals surface area contributed by atoms with Crippen molar-refractivity contribution in [2.45, 2.75) is 70.3 Å². The maximum atomic E-state index is 12.8. The summed E-state index contributed by atoms with van der Waals surface area (Å²) in [6.07, 6.45) is 9.94. The van der Waals surface area contributed by atoms with Crippen LogP contribution in [0.25, 0.3) is 0 Å². The van der Waals surface area contributed by atoms with Gasteiger partial charge in [0.1, 0.15) is 10.0 Å². The Morgan fingerprint density at radius 2 is 2.08 bits per heavy atom. The van der Waals surface area contributed by atoms with Crippen molar-refractivity contribution in [3.8, 4) is 0 Å². The molecule has 6 nitrogen and oxygen atoms in total. The summed E-state index contributed by atoms with van der Waals surface area (Å²) in [6.45, 7) is 4.56. The van der Waals surface area contributed by atoms with Gasteiger partial charge in [-0.2, -0.15) is 0 Å². The van der Waals surface area contributed by atoms with Crippen LogP contribution < -0.4 is 5.32 Å². The molecule has 3 rings (SSSR count). The number of carbonyl (C=O) groups is 1. The zero-order valence-electron chi connectivity index (χ0n) is 15.9. The molecule has 0 radical (unpaired) electrons. The van der Waals surface area contributed by atoms with Crippen LogP contribution in [-0.4, -0.2) is 57.9 Å². The summed E-state index contributed by atoms with van der Waals surface area (Å²) in [6, 6.07) is 0. The molecule has 26 heavy (non-hydrogen) atoms. The number of likely N-dealkylation sites (tertiary alicyclic amines) is 1. The summed E-state index contributed by atoms with van der Waals surface area (Å²) in [5.74, 6) is 0.680. The van der Waals surface area contributed by atoms with Crippen molar-refractivity contribution in [3.63, 3.8) is 0 Å². The van der Waals surface area contributed by atoms with E-state index in [4.69, 9.17) is 0 Å². The summed E-state index contributed by atoms with van der Waals surface area (Å²) in [4.78, 5) is 14.7. The number of rotatable bonds is 8. The van der Waals surface area contributed by atoms with Gasteiger partial charge < -0.3 is 15.3 Å². The quantitative estimate of drug-likeness (QED) is 0.677. The summed E-state index contributed by atoms with van der Waals surface area (Å²) in [5.41, 5.74) is -1.25. The molecule has 0 aromatic carbocycles. The molecule has 1 atom stereocenters. The molecular formula is C19H32N4O2S. The second kappa shape index (κ2) is 9.24. The number of nitrogens with one attached hydrogen (secondary N) is 1. The SMILES string of the molecule is Cc1nnc(CCNCC2(O)CCCN(CCC3CCCCC3)C2=O)s1. The van der Waals surface area contributed by atoms with E-state index in [0.29, 0.717) is 19.5 Å². The van der Waals surface area contributed by atoms with Crippen LogP contribution in [-0.2, 0) is 11.2 Å². The van der Waals surface area contributed by atoms with Crippen LogP contribution >= 0.6 is 11.3 Å². The number of aryl methyl sites for hydroxylation is 1. The first kappa shape index (κ1) is 19.7. The van der Waals surface area contributed by atoms with E-state index in [1.54, 1.807) is 11.3 Å². The molecule has 2 fully saturated rings. The van der Waals surface area contributed by atoms with Crippen molar-refractivity contribution in [1.82, 2.24) is 20.4 Å². The Bertz CT molecular complexity index is 588. The number of aliphatic hydroxyl groups is 1. The largest absolute Gasteiger partial charge is 0.379 e. The molecule has 1 aromatic rings. The zero-order chi connectivity index (χ0) is 18.4. The fourth-order valence-corrected chi connectivity index (χ4v) is 4.89. The lowest BCUT2D eigenvalue weighted by Crippen LogP contribution is -2.58. The van der Waals surface area contributed by atoms with Crippen LogP contribution in [0.2, 0.25) is 0 Å². The molecule has 1 saturated heterocycles. The van der Waals surface area contributed by atoms with Gasteiger partial charge in [-0.3, -0.25) is 4.79 Å². The molecule has 0 spiro atoms. The molecule has 1 saturated carbocycles. The Morgan fingerprint density at radius 3 is 2.81 bits per heavy atom. The smallest absolute Gasteiger partial charge is 0.255 e. The van der Waals surface area contributed by atoms with Gasteiger partial charge in [0.25, 0.3) is 5.91 Å². The van der Waals surface area contributed by atoms with Crippen molar-refractivity contribution in [2.24, 2.45) is 5.92 Å². The first-order chi connectivity index (χ1) is 12.6. The lowest BCUT2D eigenvalue weighted by molar-refractivity contribution is -0.156. The first-order valence-electron chi connectivity index (χ1n) is 10.1. The lowest BCUT2D eigenvalue weighted by atomic mass is 9.86. The molecule has 1 unspecified atom stereocenters. The maximum absolute atomic E-state index is 12.8. The maximum Gasteiger partial charge on any atom is 0.255 e. The van der Waals surface area contributed by atoms with Crippen LogP contribution in [0, 0.1) is 12.8 Å². The average Bonchev–Trinajstić information content (AvgIpc) is 3.06. The molecule has 1 aliphatic carbocycles. The van der Waals surface area contributed by atoms with Crippen molar-refractivity contribution < 1.29 is 9.90 Å². The Hall–Kier alpha value is -1.05. The number of piperidine rings is 1. The fraction of sp³-hybridized carbons (Fsp3) is 0.842. The van der Waals surface area contributed by atoms with E-state index < -0.39 is 5.60 Å². The molecule has 0 bridgehead atoms. The minimum absolute atomic E-state index is 0.0844. The average molecular weight is 381 g/mol. The van der Waals surface area contributed by atoms with E-state index >= 15 is 0 Å². The van der Waals surface area contributed by atoms with Crippen LogP contribution in [0.15, 0.2) is 0 Å². The van der Waals surface area contributed by atoms with E-state index in [1.165, 1.54) is 32.1 Å². The van der Waals surface area contributed by atoms with Crippen molar-refractivity contribution in [2.75, 3.05) is 26.2 Å². The highest BCUT2D eigenvalue weighted by molar-refractivity contribution is 7.11. The molecule has 7 heteroatoms. The second-order valence-corrected chi connectivity index (χ2v) is 9.13. The van der Waals surface area contributed by atoms with Crippen molar-refractivity contribution >= 4 is 17.2 Å². The minimum Gasteiger partial charge on any atom is -0.379 e. The summed E-state index contributed by atoms with van der Waals surface area (Å²) in [5, 5.41) is 24.2. The number of aromatic nitrogens is 2. The standard InChI is InChI=1S/C19H32N4O2S/c1-15-21-22-17(26-15)8-11-20-14-19(25)10-5-12-23(18(19)24)13-9-16-6-3-2-4-7-16/h16,20,25H,2-14H2,1H3. The molecule has 2 N–H and O–H groups in total. The predicted octanol–water partition coefficient (Wildman–Crippen LogP) is 2.30. The Balaban J connectivity index is 1.42. The van der Waals surface area contributed by atoms with Crippen LogP contribution in [0.5, 0.6) is 0 Å². The van der Waals surface area contributed by atoms with Crippen LogP contribution in [0.4, 0.5) is 0 Å². The highest BCUT2D eigenvalue weighted by atomic mass is 32.1. The highest BCUT2D eigenvalue weighted by Gasteiger charge is 2.41. The van der Waals surface area contributed by atoms with E-state index in [-0.39, 0.29) is 5.91 Å². The minimum atomic E-state index is -1.25. The van der Waals surface area contributed by atoms with Crippen molar-refractivity contribution in [1.29, 1.82) is 0 Å². The number of hydrogen-bond donors (Lipinski definition) is 2. The van der Waals surface area contributed by atoms with Crippen LogP contribution in [0.1, 0.15) is 61.4 Å². The molecule has 1 aromatic heterocycles. The van der Waals surface area contributed by atoms with Gasteiger partial charge in [-0.15, -0.1) is 21.5 Å². The monoisotopic (exact) mass is 380 g/mol. The van der Waals surface area contributed by atoms with Gasteiger partial charge in [0.2, 0.25) is 0 Å². The Labute approximate surface area is 160 Å². The Morgan fingerprint density at radius 1 is 1.27 bits per heavy atom. The summed E-state index contributed by atoms with van der Waals surface area (Å²) < 4.78 is 0. The second-order valence-electron chi connectivity index (χ2n) is 7.86. The normalized spacial score (nSPS) is 25.0. The van der Waals surface area contributed by atoms with Gasteiger partial charge in [-0.1, -0.05) is 32.1 Å². The van der Waals surface area contributed by atoms with Gasteiger partial charge in [0, 0.05) is 32.6 Å². The Kier molecular flexibility index (Phi) is 7.00. The van der Waals surface area contributed by atoms with Crippen LogP contribution in [0.3, 0.4) is 0 Å². The van der Waals surface area contributed by atoms with E-state index in [2.05, 4.69) is 15.5 Å². The van der Waals surface area contributed by atoms with E-state index in [0.717, 1.165) is 48.3 Å². The molecular weight excluding hydrogens is 348 g/mol. The van der Waals surface area contributed by atoms with Crippen molar-refractivity contribution in [3.05, 3.63) is 10.0 Å². The van der Waals surface area contributed by atoms with Gasteiger partial charge in [-0.05, 0) is 32.1 Å². The third-order valence-electron chi connectivity index (χ3n) is 5.74. The number of hydrogen-bond acceptors (Lipinski definition) is 6. The van der Waals surface area contributed by atoms with E-state index in [1.807, 2.05) is 11.8 Å². The zero-order valence-corrected chi connectivity index (χ0v) is 16.7. The third kappa shape index (κ3) is 5.24. The number of nitrogens with zero attached hydrogens (tertiary/aromatic N) is 3. The molecule has 2 heterocycles.